The van der Waals surface area contributed by atoms with Gasteiger partial charge >= 0.3 is 0 Å². The largest absolute Gasteiger partial charge is 0.389 e. The number of nitrogens with zero attached hydrogens (tertiary/aromatic N) is 2. The van der Waals surface area contributed by atoms with E-state index in [4.69, 9.17) is 4.74 Å². The lowest BCUT2D eigenvalue weighted by atomic mass is 9.98. The summed E-state index contributed by atoms with van der Waals surface area (Å²) in [5.74, 6) is 0.834. The van der Waals surface area contributed by atoms with E-state index < -0.39 is 6.10 Å². The molecule has 7 heteroatoms. The highest BCUT2D eigenvalue weighted by Gasteiger charge is 2.20. The van der Waals surface area contributed by atoms with Crippen LogP contribution >= 0.6 is 11.3 Å². The molecule has 1 saturated carbocycles. The highest BCUT2D eigenvalue weighted by atomic mass is 32.1. The SMILES string of the molecule is O[C@@H](CNc1ncnc2sc3c(c12)CCNC3)COC1CCCCC1. The summed E-state index contributed by atoms with van der Waals surface area (Å²) >= 11 is 1.74. The van der Waals surface area contributed by atoms with Crippen molar-refractivity contribution in [3.63, 3.8) is 0 Å². The van der Waals surface area contributed by atoms with E-state index in [1.165, 1.54) is 29.7 Å². The fourth-order valence-corrected chi connectivity index (χ4v) is 4.90. The Labute approximate surface area is 152 Å². The smallest absolute Gasteiger partial charge is 0.138 e. The first-order valence-corrected chi connectivity index (χ1v) is 10.1. The standard InChI is InChI=1S/C18H26N4O2S/c23-12(10-24-13-4-2-1-3-5-13)8-20-17-16-14-6-7-19-9-15(14)25-18(16)22-11-21-17/h11-13,19,23H,1-10H2,(H,20,21,22)/t12-/m0/s1. The van der Waals surface area contributed by atoms with Crippen LogP contribution in [0.1, 0.15) is 42.5 Å². The number of aliphatic hydroxyl groups excluding tert-OH is 1. The molecular weight excluding hydrogens is 336 g/mol. The molecule has 2 aromatic heterocycles. The van der Waals surface area contributed by atoms with E-state index in [1.807, 2.05) is 0 Å². The highest BCUT2D eigenvalue weighted by molar-refractivity contribution is 7.18. The molecule has 25 heavy (non-hydrogen) atoms. The van der Waals surface area contributed by atoms with E-state index in [2.05, 4.69) is 20.6 Å². The first-order chi connectivity index (χ1) is 12.3. The van der Waals surface area contributed by atoms with Crippen molar-refractivity contribution in [1.82, 2.24) is 15.3 Å². The number of fused-ring (bicyclic) bond motifs is 3. The first-order valence-electron chi connectivity index (χ1n) is 9.31. The fraction of sp³-hybridized carbons (Fsp3) is 0.667. The summed E-state index contributed by atoms with van der Waals surface area (Å²) in [4.78, 5) is 11.2. The van der Waals surface area contributed by atoms with Crippen molar-refractivity contribution in [3.8, 4) is 0 Å². The van der Waals surface area contributed by atoms with Gasteiger partial charge in [0.2, 0.25) is 0 Å². The molecule has 0 bridgehead atoms. The molecule has 6 nitrogen and oxygen atoms in total. The van der Waals surface area contributed by atoms with E-state index in [-0.39, 0.29) is 0 Å². The van der Waals surface area contributed by atoms with Crippen molar-refractivity contribution in [3.05, 3.63) is 16.8 Å². The molecule has 0 amide bonds. The zero-order valence-corrected chi connectivity index (χ0v) is 15.3. The Morgan fingerprint density at radius 2 is 2.20 bits per heavy atom. The number of ether oxygens (including phenoxy) is 1. The maximum Gasteiger partial charge on any atom is 0.138 e. The Morgan fingerprint density at radius 3 is 3.08 bits per heavy atom. The minimum Gasteiger partial charge on any atom is -0.389 e. The van der Waals surface area contributed by atoms with Crippen LogP contribution in [0, 0.1) is 0 Å². The number of hydrogen-bond acceptors (Lipinski definition) is 7. The molecule has 1 aliphatic heterocycles. The topological polar surface area (TPSA) is 79.3 Å². The van der Waals surface area contributed by atoms with Crippen LogP contribution in [0.4, 0.5) is 5.82 Å². The minimum atomic E-state index is -0.525. The Kier molecular flexibility index (Phi) is 5.45. The van der Waals surface area contributed by atoms with Crippen LogP contribution in [-0.2, 0) is 17.7 Å². The van der Waals surface area contributed by atoms with E-state index in [1.54, 1.807) is 17.7 Å². The molecule has 0 saturated heterocycles. The lowest BCUT2D eigenvalue weighted by Crippen LogP contribution is -2.29. The molecule has 2 aliphatic rings. The van der Waals surface area contributed by atoms with Crippen molar-refractivity contribution in [2.45, 2.75) is 57.3 Å². The number of nitrogens with one attached hydrogen (secondary N) is 2. The van der Waals surface area contributed by atoms with Gasteiger partial charge in [-0.1, -0.05) is 19.3 Å². The van der Waals surface area contributed by atoms with Crippen molar-refractivity contribution < 1.29 is 9.84 Å². The number of aliphatic hydroxyl groups is 1. The average Bonchev–Trinajstić information content (AvgIpc) is 3.04. The molecule has 0 radical (unpaired) electrons. The second-order valence-corrected chi connectivity index (χ2v) is 8.04. The number of hydrogen-bond donors (Lipinski definition) is 3. The van der Waals surface area contributed by atoms with Crippen molar-refractivity contribution in [2.75, 3.05) is 25.0 Å². The monoisotopic (exact) mass is 362 g/mol. The van der Waals surface area contributed by atoms with E-state index in [0.717, 1.165) is 48.4 Å². The Bertz CT molecular complexity index is 714. The van der Waals surface area contributed by atoms with Crippen LogP contribution in [0.5, 0.6) is 0 Å². The molecule has 1 fully saturated rings. The average molecular weight is 362 g/mol. The van der Waals surface area contributed by atoms with Gasteiger partial charge in [-0.25, -0.2) is 9.97 Å². The predicted octanol–water partition coefficient (Wildman–Crippen LogP) is 2.46. The first kappa shape index (κ1) is 17.1. The van der Waals surface area contributed by atoms with Crippen molar-refractivity contribution in [1.29, 1.82) is 0 Å². The molecule has 0 unspecified atom stereocenters. The third-order valence-corrected chi connectivity index (χ3v) is 6.23. The normalized spacial score (nSPS) is 19.7. The summed E-state index contributed by atoms with van der Waals surface area (Å²) in [5, 5.41) is 18.1. The van der Waals surface area contributed by atoms with Gasteiger partial charge in [-0.3, -0.25) is 0 Å². The molecule has 136 valence electrons. The molecule has 3 heterocycles. The fourth-order valence-electron chi connectivity index (χ4n) is 3.75. The quantitative estimate of drug-likeness (QED) is 0.733. The number of aromatic nitrogens is 2. The van der Waals surface area contributed by atoms with E-state index in [9.17, 15) is 5.11 Å². The van der Waals surface area contributed by atoms with Crippen LogP contribution in [0.2, 0.25) is 0 Å². The van der Waals surface area contributed by atoms with Gasteiger partial charge in [0.25, 0.3) is 0 Å². The van der Waals surface area contributed by atoms with Crippen LogP contribution in [-0.4, -0.2) is 47.0 Å². The molecule has 0 spiro atoms. The predicted molar refractivity (Wildman–Crippen MR) is 100 cm³/mol. The third-order valence-electron chi connectivity index (χ3n) is 5.09. The Hall–Kier alpha value is -1.28. The number of anilines is 1. The molecule has 1 atom stereocenters. The summed E-state index contributed by atoms with van der Waals surface area (Å²) in [6.45, 7) is 2.73. The Morgan fingerprint density at radius 1 is 1.32 bits per heavy atom. The van der Waals surface area contributed by atoms with Crippen LogP contribution in [0.25, 0.3) is 10.2 Å². The van der Waals surface area contributed by atoms with Gasteiger partial charge in [0.05, 0.1) is 24.2 Å². The molecule has 1 aliphatic carbocycles. The summed E-state index contributed by atoms with van der Waals surface area (Å²) < 4.78 is 5.87. The van der Waals surface area contributed by atoms with Crippen LogP contribution < -0.4 is 10.6 Å². The van der Waals surface area contributed by atoms with Gasteiger partial charge in [-0.2, -0.15) is 0 Å². The highest BCUT2D eigenvalue weighted by Crippen LogP contribution is 2.35. The molecule has 2 aromatic rings. The van der Waals surface area contributed by atoms with Gasteiger partial charge < -0.3 is 20.5 Å². The summed E-state index contributed by atoms with van der Waals surface area (Å²) in [6.07, 6.45) is 8.47. The second kappa shape index (κ2) is 7.95. The minimum absolute atomic E-state index is 0.325. The van der Waals surface area contributed by atoms with E-state index in [0.29, 0.717) is 19.3 Å². The second-order valence-electron chi connectivity index (χ2n) is 6.96. The maximum absolute atomic E-state index is 10.3. The summed E-state index contributed by atoms with van der Waals surface area (Å²) in [7, 11) is 0. The van der Waals surface area contributed by atoms with Crippen molar-refractivity contribution >= 4 is 27.4 Å². The zero-order valence-electron chi connectivity index (χ0n) is 14.5. The third kappa shape index (κ3) is 3.95. The Balaban J connectivity index is 1.38. The van der Waals surface area contributed by atoms with Crippen LogP contribution in [0.15, 0.2) is 6.33 Å². The van der Waals surface area contributed by atoms with Gasteiger partial charge in [0.1, 0.15) is 17.0 Å². The van der Waals surface area contributed by atoms with Crippen molar-refractivity contribution in [2.24, 2.45) is 0 Å². The van der Waals surface area contributed by atoms with Gasteiger partial charge in [0, 0.05) is 18.0 Å². The van der Waals surface area contributed by atoms with Gasteiger partial charge in [-0.05, 0) is 31.4 Å². The molecular formula is C18H26N4O2S. The van der Waals surface area contributed by atoms with Crippen LogP contribution in [0.3, 0.4) is 0 Å². The lowest BCUT2D eigenvalue weighted by molar-refractivity contribution is -0.0195. The number of rotatable bonds is 6. The van der Waals surface area contributed by atoms with Gasteiger partial charge in [0.15, 0.2) is 0 Å². The van der Waals surface area contributed by atoms with Gasteiger partial charge in [-0.15, -0.1) is 11.3 Å². The summed E-state index contributed by atoms with van der Waals surface area (Å²) in [6, 6.07) is 0. The molecule has 0 aromatic carbocycles. The molecule has 4 rings (SSSR count). The molecule has 3 N–H and O–H groups in total. The lowest BCUT2D eigenvalue weighted by Gasteiger charge is -2.23. The van der Waals surface area contributed by atoms with E-state index >= 15 is 0 Å². The maximum atomic E-state index is 10.3. The summed E-state index contributed by atoms with van der Waals surface area (Å²) in [5.41, 5.74) is 1.36. The zero-order chi connectivity index (χ0) is 17.1. The number of thiophene rings is 1.